The van der Waals surface area contributed by atoms with E-state index in [1.807, 2.05) is 0 Å². The summed E-state index contributed by atoms with van der Waals surface area (Å²) in [4.78, 5) is 3.91. The van der Waals surface area contributed by atoms with Crippen LogP contribution in [0.5, 0.6) is 0 Å². The van der Waals surface area contributed by atoms with Gasteiger partial charge in [-0.1, -0.05) is 27.3 Å². The molecule has 1 aromatic heterocycles. The summed E-state index contributed by atoms with van der Waals surface area (Å²) < 4.78 is 38.0. The molecule has 0 atom stereocenters. The zero-order chi connectivity index (χ0) is 13.3. The Bertz CT molecular complexity index is 568. The number of hydrogen-bond donors (Lipinski definition) is 2. The van der Waals surface area contributed by atoms with Gasteiger partial charge >= 0.3 is 6.18 Å². The molecule has 0 saturated heterocycles. The van der Waals surface area contributed by atoms with Gasteiger partial charge in [-0.05, 0) is 18.2 Å². The van der Waals surface area contributed by atoms with Crippen molar-refractivity contribution < 1.29 is 13.2 Å². The highest BCUT2D eigenvalue weighted by Gasteiger charge is 2.33. The van der Waals surface area contributed by atoms with Crippen molar-refractivity contribution in [1.29, 1.82) is 0 Å². The summed E-state index contributed by atoms with van der Waals surface area (Å²) in [7, 11) is 0. The van der Waals surface area contributed by atoms with E-state index < -0.39 is 11.7 Å². The van der Waals surface area contributed by atoms with Gasteiger partial charge in [0.2, 0.25) is 0 Å². The number of aromatic nitrogens is 1. The molecule has 0 amide bonds. The molecule has 1 aromatic carbocycles. The minimum absolute atomic E-state index is 0.000738. The average Bonchev–Trinajstić information content (AvgIpc) is 2.65. The first-order valence-electron chi connectivity index (χ1n) is 4.71. The number of thiazole rings is 1. The van der Waals surface area contributed by atoms with Gasteiger partial charge in [-0.2, -0.15) is 13.2 Å². The molecule has 96 valence electrons. The lowest BCUT2D eigenvalue weighted by Gasteiger charge is -2.11. The van der Waals surface area contributed by atoms with Crippen LogP contribution in [0.1, 0.15) is 5.56 Å². The molecular formula is C10H7BrF3N3S. The molecule has 0 aliphatic heterocycles. The van der Waals surface area contributed by atoms with E-state index in [4.69, 9.17) is 5.73 Å². The van der Waals surface area contributed by atoms with Crippen LogP contribution in [0.4, 0.5) is 29.0 Å². The van der Waals surface area contributed by atoms with E-state index in [2.05, 4.69) is 26.2 Å². The molecule has 0 radical (unpaired) electrons. The third-order valence-corrected chi connectivity index (χ3v) is 3.48. The number of alkyl halides is 3. The van der Waals surface area contributed by atoms with Gasteiger partial charge in [0.05, 0.1) is 11.8 Å². The minimum atomic E-state index is -4.40. The Morgan fingerprint density at radius 3 is 2.61 bits per heavy atom. The van der Waals surface area contributed by atoms with Gasteiger partial charge in [-0.3, -0.25) is 0 Å². The van der Waals surface area contributed by atoms with Crippen LogP contribution in [0.2, 0.25) is 0 Å². The Morgan fingerprint density at radius 2 is 2.06 bits per heavy atom. The van der Waals surface area contributed by atoms with Crippen molar-refractivity contribution in [3.05, 3.63) is 34.4 Å². The smallest absolute Gasteiger partial charge is 0.389 e. The molecular weight excluding hydrogens is 331 g/mol. The van der Waals surface area contributed by atoms with Crippen molar-refractivity contribution in [3.63, 3.8) is 0 Å². The van der Waals surface area contributed by atoms with Crippen LogP contribution in [0.15, 0.2) is 28.9 Å². The molecule has 3 N–H and O–H groups in total. The highest BCUT2D eigenvalue weighted by atomic mass is 79.9. The molecule has 3 nitrogen and oxygen atoms in total. The largest absolute Gasteiger partial charge is 0.417 e. The topological polar surface area (TPSA) is 50.9 Å². The molecule has 2 aromatic rings. The third kappa shape index (κ3) is 2.94. The molecule has 0 aliphatic rings. The maximum Gasteiger partial charge on any atom is 0.417 e. The lowest BCUT2D eigenvalue weighted by atomic mass is 10.2. The number of nitrogens with two attached hydrogens (primary N) is 1. The highest BCUT2D eigenvalue weighted by Crippen LogP contribution is 2.37. The van der Waals surface area contributed by atoms with Gasteiger partial charge in [0.1, 0.15) is 5.00 Å². The van der Waals surface area contributed by atoms with Crippen LogP contribution < -0.4 is 11.1 Å². The summed E-state index contributed by atoms with van der Waals surface area (Å²) in [6.07, 6.45) is -2.96. The van der Waals surface area contributed by atoms with Crippen LogP contribution in [0.3, 0.4) is 0 Å². The quantitative estimate of drug-likeness (QED) is 0.861. The van der Waals surface area contributed by atoms with E-state index in [-0.39, 0.29) is 4.47 Å². The van der Waals surface area contributed by atoms with E-state index in [9.17, 15) is 13.2 Å². The van der Waals surface area contributed by atoms with Gasteiger partial charge in [0.15, 0.2) is 5.13 Å². The van der Waals surface area contributed by atoms with Crippen molar-refractivity contribution in [1.82, 2.24) is 4.98 Å². The SMILES string of the molecule is Nc1cnc(Nc2ccc(Br)c(C(F)(F)F)c2)s1. The van der Waals surface area contributed by atoms with Gasteiger partial charge < -0.3 is 11.1 Å². The number of nitrogens with zero attached hydrogens (tertiary/aromatic N) is 1. The maximum atomic E-state index is 12.7. The second kappa shape index (κ2) is 4.77. The van der Waals surface area contributed by atoms with Gasteiger partial charge in [0.25, 0.3) is 0 Å². The second-order valence-electron chi connectivity index (χ2n) is 3.39. The Kier molecular flexibility index (Phi) is 3.49. The zero-order valence-corrected chi connectivity index (χ0v) is 11.2. The first-order chi connectivity index (χ1) is 8.36. The van der Waals surface area contributed by atoms with E-state index in [1.54, 1.807) is 0 Å². The summed E-state index contributed by atoms with van der Waals surface area (Å²) in [5.41, 5.74) is 5.05. The summed E-state index contributed by atoms with van der Waals surface area (Å²) in [5, 5.41) is 3.71. The standard InChI is InChI=1S/C10H7BrF3N3S/c11-7-2-1-5(3-6(7)10(12,13)14)17-9-16-4-8(15)18-9/h1-4H,15H2,(H,16,17). The molecule has 0 fully saturated rings. The fourth-order valence-electron chi connectivity index (χ4n) is 1.29. The van der Waals surface area contributed by atoms with Gasteiger partial charge in [0, 0.05) is 10.2 Å². The zero-order valence-electron chi connectivity index (χ0n) is 8.75. The number of nitrogens with one attached hydrogen (secondary N) is 1. The summed E-state index contributed by atoms with van der Waals surface area (Å²) in [6, 6.07) is 3.88. The lowest BCUT2D eigenvalue weighted by molar-refractivity contribution is -0.138. The predicted molar refractivity (Wildman–Crippen MR) is 69.0 cm³/mol. The molecule has 0 aliphatic carbocycles. The molecule has 0 spiro atoms. The molecule has 0 saturated carbocycles. The van der Waals surface area contributed by atoms with Crippen LogP contribution in [-0.4, -0.2) is 4.98 Å². The summed E-state index contributed by atoms with van der Waals surface area (Å²) >= 11 is 4.04. The van der Waals surface area contributed by atoms with Gasteiger partial charge in [-0.15, -0.1) is 0 Å². The third-order valence-electron chi connectivity index (χ3n) is 2.05. The van der Waals surface area contributed by atoms with Crippen molar-refractivity contribution in [3.8, 4) is 0 Å². The van der Waals surface area contributed by atoms with Gasteiger partial charge in [-0.25, -0.2) is 4.98 Å². The van der Waals surface area contributed by atoms with E-state index >= 15 is 0 Å². The van der Waals surface area contributed by atoms with Crippen LogP contribution in [0.25, 0.3) is 0 Å². The first kappa shape index (κ1) is 13.2. The Hall–Kier alpha value is -1.28. The fourth-order valence-corrected chi connectivity index (χ4v) is 2.36. The van der Waals surface area contributed by atoms with Crippen LogP contribution in [0, 0.1) is 0 Å². The minimum Gasteiger partial charge on any atom is -0.389 e. The number of nitrogen functional groups attached to an aromatic ring is 1. The molecule has 8 heteroatoms. The molecule has 18 heavy (non-hydrogen) atoms. The molecule has 1 heterocycles. The highest BCUT2D eigenvalue weighted by molar-refractivity contribution is 9.10. The van der Waals surface area contributed by atoms with E-state index in [1.165, 1.54) is 18.3 Å². The summed E-state index contributed by atoms with van der Waals surface area (Å²) in [5.74, 6) is 0. The second-order valence-corrected chi connectivity index (χ2v) is 5.30. The van der Waals surface area contributed by atoms with Crippen molar-refractivity contribution >= 4 is 43.1 Å². The molecule has 2 rings (SSSR count). The number of rotatable bonds is 2. The average molecular weight is 338 g/mol. The van der Waals surface area contributed by atoms with Crippen molar-refractivity contribution in [2.24, 2.45) is 0 Å². The monoisotopic (exact) mass is 337 g/mol. The van der Waals surface area contributed by atoms with E-state index in [0.29, 0.717) is 15.8 Å². The van der Waals surface area contributed by atoms with Crippen molar-refractivity contribution in [2.45, 2.75) is 6.18 Å². The fraction of sp³-hybridized carbons (Fsp3) is 0.100. The van der Waals surface area contributed by atoms with Crippen LogP contribution >= 0.6 is 27.3 Å². The first-order valence-corrected chi connectivity index (χ1v) is 6.32. The summed E-state index contributed by atoms with van der Waals surface area (Å²) in [6.45, 7) is 0. The number of benzene rings is 1. The predicted octanol–water partition coefficient (Wildman–Crippen LogP) is 4.25. The van der Waals surface area contributed by atoms with E-state index in [0.717, 1.165) is 17.4 Å². The normalized spacial score (nSPS) is 11.6. The number of anilines is 3. The molecule has 0 unspecified atom stereocenters. The Morgan fingerprint density at radius 1 is 1.33 bits per heavy atom. The maximum absolute atomic E-state index is 12.7. The Balaban J connectivity index is 2.30. The molecule has 0 bridgehead atoms. The lowest BCUT2D eigenvalue weighted by Crippen LogP contribution is -2.06. The number of hydrogen-bond acceptors (Lipinski definition) is 4. The Labute approximate surface area is 113 Å². The number of halogens is 4. The van der Waals surface area contributed by atoms with Crippen molar-refractivity contribution in [2.75, 3.05) is 11.1 Å². The van der Waals surface area contributed by atoms with Crippen LogP contribution in [-0.2, 0) is 6.18 Å².